The molecule has 0 aliphatic heterocycles. The van der Waals surface area contributed by atoms with Gasteiger partial charge in [-0.25, -0.2) is 0 Å². The van der Waals surface area contributed by atoms with Crippen molar-refractivity contribution in [2.24, 2.45) is 5.73 Å². The normalized spacial score (nSPS) is 13.6. The number of hydrogen-bond donors (Lipinski definition) is 2. The van der Waals surface area contributed by atoms with Crippen molar-refractivity contribution in [3.63, 3.8) is 0 Å². The minimum Gasteiger partial charge on any atom is -0.361 e. The predicted octanol–water partition coefficient (Wildman–Crippen LogP) is 1.50. The van der Waals surface area contributed by atoms with Crippen LogP contribution in [0.15, 0.2) is 4.52 Å². The average Bonchev–Trinajstić information content (AvgIpc) is 2.47. The standard InChI is InChI=1S/C12H21N3O2.ClH/c1-7(13)5-12(16)14-8(2)6-11-9(3)15-17-10(11)4;/h7-8H,5-6,13H2,1-4H3,(H,14,16);1H. The van der Waals surface area contributed by atoms with Crippen molar-refractivity contribution in [1.82, 2.24) is 10.5 Å². The van der Waals surface area contributed by atoms with Crippen molar-refractivity contribution in [2.75, 3.05) is 0 Å². The van der Waals surface area contributed by atoms with E-state index >= 15 is 0 Å². The topological polar surface area (TPSA) is 81.2 Å². The molecular formula is C12H22ClN3O2. The van der Waals surface area contributed by atoms with E-state index in [2.05, 4.69) is 10.5 Å². The molecule has 2 atom stereocenters. The van der Waals surface area contributed by atoms with E-state index in [-0.39, 0.29) is 30.4 Å². The summed E-state index contributed by atoms with van der Waals surface area (Å²) in [5, 5.41) is 6.80. The van der Waals surface area contributed by atoms with Crippen LogP contribution in [-0.2, 0) is 11.2 Å². The number of amides is 1. The SMILES string of the molecule is Cc1noc(C)c1CC(C)NC(=O)CC(C)N.Cl. The predicted molar refractivity (Wildman–Crippen MR) is 72.8 cm³/mol. The Balaban J connectivity index is 0.00000289. The number of nitrogens with two attached hydrogens (primary N) is 1. The van der Waals surface area contributed by atoms with Crippen LogP contribution in [0.25, 0.3) is 0 Å². The molecule has 1 aromatic rings. The lowest BCUT2D eigenvalue weighted by Crippen LogP contribution is -2.37. The fraction of sp³-hybridized carbons (Fsp3) is 0.667. The lowest BCUT2D eigenvalue weighted by molar-refractivity contribution is -0.121. The summed E-state index contributed by atoms with van der Waals surface area (Å²) >= 11 is 0. The van der Waals surface area contributed by atoms with Crippen molar-refractivity contribution >= 4 is 18.3 Å². The number of carbonyl (C=O) groups is 1. The van der Waals surface area contributed by atoms with Crippen LogP contribution in [0.1, 0.15) is 37.3 Å². The molecule has 1 aromatic heterocycles. The second kappa shape index (κ2) is 7.38. The summed E-state index contributed by atoms with van der Waals surface area (Å²) in [7, 11) is 0. The first kappa shape index (κ1) is 16.9. The Morgan fingerprint density at radius 2 is 2.06 bits per heavy atom. The van der Waals surface area contributed by atoms with Crippen molar-refractivity contribution < 1.29 is 9.32 Å². The molecule has 0 bridgehead atoms. The van der Waals surface area contributed by atoms with E-state index < -0.39 is 0 Å². The van der Waals surface area contributed by atoms with E-state index in [1.54, 1.807) is 0 Å². The van der Waals surface area contributed by atoms with Crippen molar-refractivity contribution in [3.05, 3.63) is 17.0 Å². The molecule has 0 aromatic carbocycles. The van der Waals surface area contributed by atoms with Gasteiger partial charge in [0, 0.05) is 24.1 Å². The summed E-state index contributed by atoms with van der Waals surface area (Å²) in [5.41, 5.74) is 7.52. The summed E-state index contributed by atoms with van der Waals surface area (Å²) in [6.45, 7) is 7.57. The second-order valence-corrected chi connectivity index (χ2v) is 4.66. The Hall–Kier alpha value is -1.07. The van der Waals surface area contributed by atoms with E-state index in [0.29, 0.717) is 6.42 Å². The largest absolute Gasteiger partial charge is 0.361 e. The number of aryl methyl sites for hydroxylation is 2. The van der Waals surface area contributed by atoms with E-state index in [1.807, 2.05) is 27.7 Å². The molecule has 3 N–H and O–H groups in total. The minimum absolute atomic E-state index is 0. The molecule has 0 spiro atoms. The number of carbonyl (C=O) groups excluding carboxylic acids is 1. The summed E-state index contributed by atoms with van der Waals surface area (Å²) < 4.78 is 5.08. The summed E-state index contributed by atoms with van der Waals surface area (Å²) in [6.07, 6.45) is 1.08. The molecule has 18 heavy (non-hydrogen) atoms. The highest BCUT2D eigenvalue weighted by Crippen LogP contribution is 2.14. The third kappa shape index (κ3) is 5.06. The van der Waals surface area contributed by atoms with Crippen LogP contribution in [0.2, 0.25) is 0 Å². The Morgan fingerprint density at radius 1 is 1.44 bits per heavy atom. The molecule has 0 saturated carbocycles. The first-order valence-corrected chi connectivity index (χ1v) is 5.86. The smallest absolute Gasteiger partial charge is 0.221 e. The van der Waals surface area contributed by atoms with Gasteiger partial charge in [0.15, 0.2) is 0 Å². The summed E-state index contributed by atoms with van der Waals surface area (Å²) in [6, 6.07) is -0.0562. The molecule has 0 aliphatic carbocycles. The highest BCUT2D eigenvalue weighted by molar-refractivity contribution is 5.85. The van der Waals surface area contributed by atoms with Crippen LogP contribution < -0.4 is 11.1 Å². The van der Waals surface area contributed by atoms with E-state index in [4.69, 9.17) is 10.3 Å². The number of halogens is 1. The maximum atomic E-state index is 11.5. The third-order valence-corrected chi connectivity index (χ3v) is 2.61. The van der Waals surface area contributed by atoms with Gasteiger partial charge in [-0.05, 0) is 34.1 Å². The van der Waals surface area contributed by atoms with Gasteiger partial charge in [0.2, 0.25) is 5.91 Å². The molecule has 2 unspecified atom stereocenters. The van der Waals surface area contributed by atoms with Crippen LogP contribution in [-0.4, -0.2) is 23.1 Å². The molecule has 104 valence electrons. The number of aromatic nitrogens is 1. The van der Waals surface area contributed by atoms with Crippen molar-refractivity contribution in [1.29, 1.82) is 0 Å². The average molecular weight is 276 g/mol. The van der Waals surface area contributed by atoms with Gasteiger partial charge >= 0.3 is 0 Å². The van der Waals surface area contributed by atoms with Gasteiger partial charge in [-0.2, -0.15) is 0 Å². The summed E-state index contributed by atoms with van der Waals surface area (Å²) in [4.78, 5) is 11.5. The lowest BCUT2D eigenvalue weighted by atomic mass is 10.1. The Labute approximate surface area is 114 Å². The molecule has 0 saturated heterocycles. The van der Waals surface area contributed by atoms with E-state index in [0.717, 1.165) is 23.4 Å². The first-order valence-electron chi connectivity index (χ1n) is 5.86. The molecule has 5 nitrogen and oxygen atoms in total. The Kier molecular flexibility index (Phi) is 6.94. The van der Waals surface area contributed by atoms with Gasteiger partial charge in [-0.15, -0.1) is 12.4 Å². The molecule has 0 radical (unpaired) electrons. The zero-order chi connectivity index (χ0) is 13.0. The van der Waals surface area contributed by atoms with Crippen LogP contribution in [0.4, 0.5) is 0 Å². The zero-order valence-electron chi connectivity index (χ0n) is 11.3. The molecule has 1 heterocycles. The van der Waals surface area contributed by atoms with Crippen LogP contribution in [0, 0.1) is 13.8 Å². The third-order valence-electron chi connectivity index (χ3n) is 2.61. The van der Waals surface area contributed by atoms with Gasteiger partial charge in [-0.3, -0.25) is 4.79 Å². The Morgan fingerprint density at radius 3 is 2.50 bits per heavy atom. The van der Waals surface area contributed by atoms with Crippen LogP contribution >= 0.6 is 12.4 Å². The number of hydrogen-bond acceptors (Lipinski definition) is 4. The zero-order valence-corrected chi connectivity index (χ0v) is 12.1. The molecular weight excluding hydrogens is 254 g/mol. The molecule has 1 rings (SSSR count). The lowest BCUT2D eigenvalue weighted by Gasteiger charge is -2.14. The molecule has 0 aliphatic rings. The summed E-state index contributed by atoms with van der Waals surface area (Å²) in [5.74, 6) is 0.801. The maximum absolute atomic E-state index is 11.5. The van der Waals surface area contributed by atoms with Crippen molar-refractivity contribution in [2.45, 2.75) is 52.6 Å². The minimum atomic E-state index is -0.110. The number of nitrogens with zero attached hydrogens (tertiary/aromatic N) is 1. The fourth-order valence-corrected chi connectivity index (χ4v) is 1.78. The van der Waals surface area contributed by atoms with Gasteiger partial charge in [0.05, 0.1) is 5.69 Å². The van der Waals surface area contributed by atoms with Gasteiger partial charge in [0.1, 0.15) is 5.76 Å². The monoisotopic (exact) mass is 275 g/mol. The van der Waals surface area contributed by atoms with Gasteiger partial charge in [0.25, 0.3) is 0 Å². The van der Waals surface area contributed by atoms with Crippen LogP contribution in [0.5, 0.6) is 0 Å². The van der Waals surface area contributed by atoms with E-state index in [1.165, 1.54) is 0 Å². The second-order valence-electron chi connectivity index (χ2n) is 4.66. The number of nitrogens with one attached hydrogen (secondary N) is 1. The number of rotatable bonds is 5. The highest BCUT2D eigenvalue weighted by atomic mass is 35.5. The van der Waals surface area contributed by atoms with Gasteiger partial charge in [-0.1, -0.05) is 5.16 Å². The van der Waals surface area contributed by atoms with E-state index in [9.17, 15) is 4.79 Å². The van der Waals surface area contributed by atoms with Gasteiger partial charge < -0.3 is 15.6 Å². The van der Waals surface area contributed by atoms with Crippen molar-refractivity contribution in [3.8, 4) is 0 Å². The molecule has 0 fully saturated rings. The maximum Gasteiger partial charge on any atom is 0.221 e. The fourth-order valence-electron chi connectivity index (χ4n) is 1.78. The quantitative estimate of drug-likeness (QED) is 0.853. The molecule has 6 heteroatoms. The Bertz CT molecular complexity index is 371. The first-order chi connectivity index (χ1) is 7.90. The van der Waals surface area contributed by atoms with Crippen LogP contribution in [0.3, 0.4) is 0 Å². The molecule has 1 amide bonds. The highest BCUT2D eigenvalue weighted by Gasteiger charge is 2.15.